The predicted molar refractivity (Wildman–Crippen MR) is 84.5 cm³/mol. The molecule has 3 rings (SSSR count). The zero-order chi connectivity index (χ0) is 14.5. The lowest BCUT2D eigenvalue weighted by atomic mass is 10.0. The third kappa shape index (κ3) is 3.82. The van der Waals surface area contributed by atoms with Crippen LogP contribution in [0.1, 0.15) is 23.7 Å². The first kappa shape index (κ1) is 14.5. The number of rotatable bonds is 5. The van der Waals surface area contributed by atoms with Crippen molar-refractivity contribution in [1.82, 2.24) is 10.3 Å². The third-order valence-corrected chi connectivity index (χ3v) is 4.09. The van der Waals surface area contributed by atoms with E-state index in [0.717, 1.165) is 31.0 Å². The lowest BCUT2D eigenvalue weighted by molar-refractivity contribution is 0.0989. The molecule has 3 nitrogen and oxygen atoms in total. The first-order valence-electron chi connectivity index (χ1n) is 7.32. The monoisotopic (exact) mass is 302 g/mol. The van der Waals surface area contributed by atoms with Crippen LogP contribution in [-0.2, 0) is 11.2 Å². The Morgan fingerprint density at radius 3 is 2.86 bits per heavy atom. The first-order valence-corrected chi connectivity index (χ1v) is 7.70. The summed E-state index contributed by atoms with van der Waals surface area (Å²) in [4.78, 5) is 4.14. The Bertz CT molecular complexity index is 559. The Kier molecular flexibility index (Phi) is 4.86. The van der Waals surface area contributed by atoms with E-state index in [1.54, 1.807) is 6.20 Å². The van der Waals surface area contributed by atoms with Gasteiger partial charge in [-0.25, -0.2) is 0 Å². The van der Waals surface area contributed by atoms with Gasteiger partial charge in [0.1, 0.15) is 0 Å². The summed E-state index contributed by atoms with van der Waals surface area (Å²) < 4.78 is 5.88. The van der Waals surface area contributed by atoms with E-state index in [2.05, 4.69) is 16.4 Å². The summed E-state index contributed by atoms with van der Waals surface area (Å²) in [5.74, 6) is 0. The standard InChI is InChI=1S/C17H19ClN2O/c18-15-5-3-14(4-6-15)17-16(8-11-21-17)20-10-7-13-2-1-9-19-12-13/h1-6,9,12,16-17,20H,7-8,10-11H2/t16-,17-/m1/s1. The van der Waals surface area contributed by atoms with Gasteiger partial charge in [0.2, 0.25) is 0 Å². The molecule has 0 unspecified atom stereocenters. The first-order chi connectivity index (χ1) is 10.3. The van der Waals surface area contributed by atoms with Crippen LogP contribution in [0.5, 0.6) is 0 Å². The van der Waals surface area contributed by atoms with Gasteiger partial charge in [0, 0.05) is 30.1 Å². The number of halogens is 1. The average Bonchev–Trinajstić information content (AvgIpc) is 2.98. The van der Waals surface area contributed by atoms with Crippen LogP contribution in [0, 0.1) is 0 Å². The van der Waals surface area contributed by atoms with Gasteiger partial charge in [-0.15, -0.1) is 0 Å². The molecule has 1 aromatic carbocycles. The lowest BCUT2D eigenvalue weighted by Gasteiger charge is -2.20. The zero-order valence-electron chi connectivity index (χ0n) is 11.8. The van der Waals surface area contributed by atoms with E-state index in [4.69, 9.17) is 16.3 Å². The Balaban J connectivity index is 1.56. The molecule has 0 saturated carbocycles. The van der Waals surface area contributed by atoms with Crippen LogP contribution < -0.4 is 5.32 Å². The number of pyridine rings is 1. The second-order valence-electron chi connectivity index (χ2n) is 5.30. The number of benzene rings is 1. The van der Waals surface area contributed by atoms with E-state index >= 15 is 0 Å². The predicted octanol–water partition coefficient (Wildman–Crippen LogP) is 3.40. The van der Waals surface area contributed by atoms with Gasteiger partial charge in [-0.2, -0.15) is 0 Å². The molecule has 1 N–H and O–H groups in total. The number of ether oxygens (including phenoxy) is 1. The lowest BCUT2D eigenvalue weighted by Crippen LogP contribution is -2.33. The van der Waals surface area contributed by atoms with Crippen molar-refractivity contribution in [2.45, 2.75) is 25.0 Å². The second-order valence-corrected chi connectivity index (χ2v) is 5.74. The van der Waals surface area contributed by atoms with Gasteiger partial charge in [0.25, 0.3) is 0 Å². The second kappa shape index (κ2) is 7.03. The van der Waals surface area contributed by atoms with Crippen molar-refractivity contribution in [1.29, 1.82) is 0 Å². The number of nitrogens with one attached hydrogen (secondary N) is 1. The molecule has 0 radical (unpaired) electrons. The summed E-state index contributed by atoms with van der Waals surface area (Å²) in [5.41, 5.74) is 2.45. The van der Waals surface area contributed by atoms with E-state index in [1.165, 1.54) is 11.1 Å². The molecule has 2 aromatic rings. The third-order valence-electron chi connectivity index (χ3n) is 3.83. The van der Waals surface area contributed by atoms with Crippen LogP contribution in [0.15, 0.2) is 48.8 Å². The highest BCUT2D eigenvalue weighted by Crippen LogP contribution is 2.29. The van der Waals surface area contributed by atoms with Gasteiger partial charge in [-0.05, 0) is 48.7 Å². The maximum absolute atomic E-state index is 5.94. The molecular weight excluding hydrogens is 284 g/mol. The molecule has 1 aliphatic rings. The van der Waals surface area contributed by atoms with Gasteiger partial charge < -0.3 is 10.1 Å². The zero-order valence-corrected chi connectivity index (χ0v) is 12.6. The maximum atomic E-state index is 5.94. The van der Waals surface area contributed by atoms with Crippen molar-refractivity contribution in [3.05, 3.63) is 64.9 Å². The van der Waals surface area contributed by atoms with Crippen LogP contribution >= 0.6 is 11.6 Å². The van der Waals surface area contributed by atoms with E-state index in [1.807, 2.05) is 36.5 Å². The molecule has 1 aliphatic heterocycles. The van der Waals surface area contributed by atoms with Crippen molar-refractivity contribution in [2.24, 2.45) is 0 Å². The molecule has 2 atom stereocenters. The summed E-state index contributed by atoms with van der Waals surface area (Å²) in [7, 11) is 0. The molecule has 110 valence electrons. The fourth-order valence-electron chi connectivity index (χ4n) is 2.73. The largest absolute Gasteiger partial charge is 0.372 e. The summed E-state index contributed by atoms with van der Waals surface area (Å²) in [6.45, 7) is 1.74. The van der Waals surface area contributed by atoms with Crippen molar-refractivity contribution < 1.29 is 4.74 Å². The molecule has 1 saturated heterocycles. The molecular formula is C17H19ClN2O. The van der Waals surface area contributed by atoms with Crippen molar-refractivity contribution in [3.63, 3.8) is 0 Å². The van der Waals surface area contributed by atoms with Gasteiger partial charge >= 0.3 is 0 Å². The molecule has 0 aliphatic carbocycles. The maximum Gasteiger partial charge on any atom is 0.0978 e. The fraction of sp³-hybridized carbons (Fsp3) is 0.353. The minimum absolute atomic E-state index is 0.121. The molecule has 21 heavy (non-hydrogen) atoms. The number of nitrogens with zero attached hydrogens (tertiary/aromatic N) is 1. The van der Waals surface area contributed by atoms with Crippen LogP contribution in [0.4, 0.5) is 0 Å². The summed E-state index contributed by atoms with van der Waals surface area (Å²) in [6.07, 6.45) is 5.87. The van der Waals surface area contributed by atoms with Gasteiger partial charge in [0.05, 0.1) is 6.10 Å². The Hall–Kier alpha value is -1.42. The smallest absolute Gasteiger partial charge is 0.0978 e. The minimum atomic E-state index is 0.121. The quantitative estimate of drug-likeness (QED) is 0.919. The Morgan fingerprint density at radius 1 is 1.24 bits per heavy atom. The van der Waals surface area contributed by atoms with Gasteiger partial charge in [-0.1, -0.05) is 29.8 Å². The van der Waals surface area contributed by atoms with Gasteiger partial charge in [-0.3, -0.25) is 4.98 Å². The molecule has 0 amide bonds. The van der Waals surface area contributed by atoms with E-state index in [-0.39, 0.29) is 6.10 Å². The molecule has 0 spiro atoms. The SMILES string of the molecule is Clc1ccc([C@H]2OCC[C@H]2NCCc2cccnc2)cc1. The topological polar surface area (TPSA) is 34.1 Å². The summed E-state index contributed by atoms with van der Waals surface area (Å²) in [6, 6.07) is 12.4. The highest BCUT2D eigenvalue weighted by Gasteiger charge is 2.28. The average molecular weight is 303 g/mol. The van der Waals surface area contributed by atoms with Crippen molar-refractivity contribution in [3.8, 4) is 0 Å². The van der Waals surface area contributed by atoms with Crippen LogP contribution in [0.2, 0.25) is 5.02 Å². The van der Waals surface area contributed by atoms with Crippen LogP contribution in [0.25, 0.3) is 0 Å². The minimum Gasteiger partial charge on any atom is -0.372 e. The van der Waals surface area contributed by atoms with E-state index in [0.29, 0.717) is 6.04 Å². The van der Waals surface area contributed by atoms with E-state index < -0.39 is 0 Å². The summed E-state index contributed by atoms with van der Waals surface area (Å²) >= 11 is 5.94. The normalized spacial score (nSPS) is 21.6. The molecule has 1 fully saturated rings. The number of hydrogen-bond acceptors (Lipinski definition) is 3. The molecule has 2 heterocycles. The summed E-state index contributed by atoms with van der Waals surface area (Å²) in [5, 5.41) is 4.37. The van der Waals surface area contributed by atoms with E-state index in [9.17, 15) is 0 Å². The number of aromatic nitrogens is 1. The van der Waals surface area contributed by atoms with Crippen LogP contribution in [0.3, 0.4) is 0 Å². The number of hydrogen-bond donors (Lipinski definition) is 1. The molecule has 4 heteroatoms. The Labute approximate surface area is 130 Å². The molecule has 0 bridgehead atoms. The highest BCUT2D eigenvalue weighted by atomic mass is 35.5. The van der Waals surface area contributed by atoms with Gasteiger partial charge in [0.15, 0.2) is 0 Å². The van der Waals surface area contributed by atoms with Crippen molar-refractivity contribution >= 4 is 11.6 Å². The Morgan fingerprint density at radius 2 is 2.10 bits per heavy atom. The fourth-order valence-corrected chi connectivity index (χ4v) is 2.85. The molecule has 1 aromatic heterocycles. The van der Waals surface area contributed by atoms with Crippen molar-refractivity contribution in [2.75, 3.05) is 13.2 Å². The highest BCUT2D eigenvalue weighted by molar-refractivity contribution is 6.30. The van der Waals surface area contributed by atoms with Crippen LogP contribution in [-0.4, -0.2) is 24.2 Å².